The van der Waals surface area contributed by atoms with Crippen LogP contribution in [0.15, 0.2) is 60.8 Å². The predicted octanol–water partition coefficient (Wildman–Crippen LogP) is 6.41. The number of ether oxygens (including phenoxy) is 4. The summed E-state index contributed by atoms with van der Waals surface area (Å²) in [6, 6.07) is 17.1. The maximum absolute atomic E-state index is 13.3. The van der Waals surface area contributed by atoms with Crippen molar-refractivity contribution in [3.05, 3.63) is 83.2 Å². The second-order valence-corrected chi connectivity index (χ2v) is 10.0. The lowest BCUT2D eigenvalue weighted by atomic mass is 9.86. The molecule has 0 aliphatic rings. The second kappa shape index (κ2) is 11.0. The van der Waals surface area contributed by atoms with Gasteiger partial charge in [0.25, 0.3) is 5.91 Å². The van der Waals surface area contributed by atoms with E-state index in [4.69, 9.17) is 18.9 Å². The Labute approximate surface area is 223 Å². The number of rotatable bonds is 8. The SMILES string of the molecule is COc1cc(Cc2nccc3cc(OC)c(OC)cc23)c(NC(=O)c2ccc(C(C)(C)C)cc2)cc1OC. The summed E-state index contributed by atoms with van der Waals surface area (Å²) in [4.78, 5) is 17.9. The van der Waals surface area contributed by atoms with Gasteiger partial charge in [0, 0.05) is 35.3 Å². The van der Waals surface area contributed by atoms with E-state index in [0.717, 1.165) is 27.6 Å². The van der Waals surface area contributed by atoms with Crippen LogP contribution in [0.25, 0.3) is 10.8 Å². The lowest BCUT2D eigenvalue weighted by Crippen LogP contribution is -2.15. The fourth-order valence-electron chi connectivity index (χ4n) is 4.38. The van der Waals surface area contributed by atoms with Crippen molar-refractivity contribution in [3.63, 3.8) is 0 Å². The van der Waals surface area contributed by atoms with Crippen molar-refractivity contribution in [1.82, 2.24) is 4.98 Å². The molecule has 1 aromatic heterocycles. The molecule has 1 heterocycles. The molecule has 198 valence electrons. The Kier molecular flexibility index (Phi) is 7.76. The van der Waals surface area contributed by atoms with Crippen molar-refractivity contribution in [3.8, 4) is 23.0 Å². The average molecular weight is 515 g/mol. The molecule has 38 heavy (non-hydrogen) atoms. The van der Waals surface area contributed by atoms with Gasteiger partial charge in [0.15, 0.2) is 23.0 Å². The monoisotopic (exact) mass is 514 g/mol. The van der Waals surface area contributed by atoms with Gasteiger partial charge in [-0.1, -0.05) is 32.9 Å². The highest BCUT2D eigenvalue weighted by Gasteiger charge is 2.18. The maximum Gasteiger partial charge on any atom is 0.255 e. The first-order valence-electron chi connectivity index (χ1n) is 12.3. The van der Waals surface area contributed by atoms with Crippen molar-refractivity contribution in [2.45, 2.75) is 32.6 Å². The number of nitrogens with zero attached hydrogens (tertiary/aromatic N) is 1. The Morgan fingerprint density at radius 2 is 1.37 bits per heavy atom. The molecular formula is C31H34N2O5. The van der Waals surface area contributed by atoms with E-state index in [1.807, 2.05) is 48.5 Å². The fourth-order valence-corrected chi connectivity index (χ4v) is 4.38. The van der Waals surface area contributed by atoms with Crippen molar-refractivity contribution < 1.29 is 23.7 Å². The Bertz CT molecular complexity index is 1460. The molecule has 4 aromatic rings. The molecule has 0 spiro atoms. The lowest BCUT2D eigenvalue weighted by Gasteiger charge is -2.19. The Morgan fingerprint density at radius 3 is 1.97 bits per heavy atom. The number of aromatic nitrogens is 1. The molecule has 3 aromatic carbocycles. The summed E-state index contributed by atoms with van der Waals surface area (Å²) in [6.07, 6.45) is 2.20. The largest absolute Gasteiger partial charge is 0.493 e. The minimum absolute atomic E-state index is 0.00365. The maximum atomic E-state index is 13.3. The van der Waals surface area contributed by atoms with Gasteiger partial charge in [-0.05, 0) is 58.3 Å². The molecule has 7 nitrogen and oxygen atoms in total. The third kappa shape index (κ3) is 5.52. The summed E-state index contributed by atoms with van der Waals surface area (Å²) in [5.74, 6) is 2.14. The van der Waals surface area contributed by atoms with Crippen molar-refractivity contribution in [2.24, 2.45) is 0 Å². The quantitative estimate of drug-likeness (QED) is 0.293. The number of methoxy groups -OCH3 is 4. The van der Waals surface area contributed by atoms with Crippen LogP contribution in [-0.2, 0) is 11.8 Å². The molecule has 0 atom stereocenters. The number of amides is 1. The Balaban J connectivity index is 1.74. The van der Waals surface area contributed by atoms with Crippen LogP contribution in [0.3, 0.4) is 0 Å². The highest BCUT2D eigenvalue weighted by Crippen LogP contribution is 2.37. The summed E-state index contributed by atoms with van der Waals surface area (Å²) in [6.45, 7) is 6.43. The molecule has 0 unspecified atom stereocenters. The van der Waals surface area contributed by atoms with Gasteiger partial charge < -0.3 is 24.3 Å². The molecule has 0 aliphatic heterocycles. The Hall–Kier alpha value is -4.26. The number of pyridine rings is 1. The van der Waals surface area contributed by atoms with Crippen LogP contribution in [0.1, 0.15) is 48.0 Å². The van der Waals surface area contributed by atoms with Gasteiger partial charge in [0.05, 0.1) is 34.1 Å². The van der Waals surface area contributed by atoms with E-state index in [2.05, 4.69) is 31.1 Å². The minimum atomic E-state index is -0.212. The van der Waals surface area contributed by atoms with E-state index >= 15 is 0 Å². The van der Waals surface area contributed by atoms with Gasteiger partial charge in [0.1, 0.15) is 0 Å². The van der Waals surface area contributed by atoms with Gasteiger partial charge in [-0.15, -0.1) is 0 Å². The molecule has 0 saturated carbocycles. The summed E-state index contributed by atoms with van der Waals surface area (Å²) in [7, 11) is 6.38. The number of benzene rings is 3. The smallest absolute Gasteiger partial charge is 0.255 e. The average Bonchev–Trinajstić information content (AvgIpc) is 2.92. The first kappa shape index (κ1) is 26.8. The molecule has 7 heteroatoms. The fraction of sp³-hybridized carbons (Fsp3) is 0.290. The Morgan fingerprint density at radius 1 is 0.789 bits per heavy atom. The molecular weight excluding hydrogens is 480 g/mol. The van der Waals surface area contributed by atoms with Crippen molar-refractivity contribution in [2.75, 3.05) is 33.8 Å². The van der Waals surface area contributed by atoms with Crippen LogP contribution in [0.4, 0.5) is 5.69 Å². The summed E-state index contributed by atoms with van der Waals surface area (Å²) >= 11 is 0. The van der Waals surface area contributed by atoms with Crippen molar-refractivity contribution in [1.29, 1.82) is 0 Å². The zero-order valence-corrected chi connectivity index (χ0v) is 23.0. The number of hydrogen-bond donors (Lipinski definition) is 1. The standard InChI is InChI=1S/C31H34N2O5/c1-31(2,3)22-10-8-19(9-11-22)30(34)33-24-18-29(38-7)27(36-5)16-21(24)14-25-23-17-28(37-6)26(35-4)15-20(23)12-13-32-25/h8-13,15-18H,14H2,1-7H3,(H,33,34). The second-order valence-electron chi connectivity index (χ2n) is 10.0. The first-order valence-corrected chi connectivity index (χ1v) is 12.3. The van der Waals surface area contributed by atoms with Crippen LogP contribution < -0.4 is 24.3 Å². The molecule has 0 bridgehead atoms. The molecule has 1 N–H and O–H groups in total. The number of carbonyl (C=O) groups excluding carboxylic acids is 1. The number of anilines is 1. The number of nitrogens with one attached hydrogen (secondary N) is 1. The third-order valence-electron chi connectivity index (χ3n) is 6.58. The van der Waals surface area contributed by atoms with E-state index in [1.165, 1.54) is 0 Å². The third-order valence-corrected chi connectivity index (χ3v) is 6.58. The molecule has 0 aliphatic carbocycles. The molecule has 1 amide bonds. The van der Waals surface area contributed by atoms with E-state index in [9.17, 15) is 4.79 Å². The number of carbonyl (C=O) groups is 1. The van der Waals surface area contributed by atoms with Crippen LogP contribution in [-0.4, -0.2) is 39.3 Å². The van der Waals surface area contributed by atoms with Crippen molar-refractivity contribution >= 4 is 22.4 Å². The minimum Gasteiger partial charge on any atom is -0.493 e. The topological polar surface area (TPSA) is 78.9 Å². The lowest BCUT2D eigenvalue weighted by molar-refractivity contribution is 0.102. The zero-order valence-electron chi connectivity index (χ0n) is 23.0. The van der Waals surface area contributed by atoms with E-state index in [-0.39, 0.29) is 11.3 Å². The normalized spacial score (nSPS) is 11.2. The van der Waals surface area contributed by atoms with Gasteiger partial charge in [-0.2, -0.15) is 0 Å². The van der Waals surface area contributed by atoms with Crippen LogP contribution >= 0.6 is 0 Å². The van der Waals surface area contributed by atoms with E-state index < -0.39 is 0 Å². The number of hydrogen-bond acceptors (Lipinski definition) is 6. The van der Waals surface area contributed by atoms with Gasteiger partial charge in [0.2, 0.25) is 0 Å². The summed E-state index contributed by atoms with van der Waals surface area (Å²) in [5.41, 5.74) is 4.00. The summed E-state index contributed by atoms with van der Waals surface area (Å²) < 4.78 is 22.1. The molecule has 0 fully saturated rings. The highest BCUT2D eigenvalue weighted by atomic mass is 16.5. The van der Waals surface area contributed by atoms with Gasteiger partial charge in [-0.3, -0.25) is 9.78 Å². The number of fused-ring (bicyclic) bond motifs is 1. The van der Waals surface area contributed by atoms with Crippen LogP contribution in [0, 0.1) is 0 Å². The molecule has 0 saturated heterocycles. The predicted molar refractivity (Wildman–Crippen MR) is 150 cm³/mol. The van der Waals surface area contributed by atoms with Gasteiger partial charge in [-0.25, -0.2) is 0 Å². The highest BCUT2D eigenvalue weighted by molar-refractivity contribution is 6.05. The van der Waals surface area contributed by atoms with Gasteiger partial charge >= 0.3 is 0 Å². The van der Waals surface area contributed by atoms with E-state index in [0.29, 0.717) is 40.7 Å². The van der Waals surface area contributed by atoms with Crippen LogP contribution in [0.5, 0.6) is 23.0 Å². The van der Waals surface area contributed by atoms with E-state index in [1.54, 1.807) is 40.7 Å². The first-order chi connectivity index (χ1) is 18.2. The molecule has 4 rings (SSSR count). The van der Waals surface area contributed by atoms with Crippen LogP contribution in [0.2, 0.25) is 0 Å². The zero-order chi connectivity index (χ0) is 27.4. The summed E-state index contributed by atoms with van der Waals surface area (Å²) in [5, 5.41) is 4.97. The molecule has 0 radical (unpaired) electrons.